The summed E-state index contributed by atoms with van der Waals surface area (Å²) in [6.07, 6.45) is 3.71. The molecule has 0 radical (unpaired) electrons. The monoisotopic (exact) mass is 239 g/mol. The first-order valence-electron chi connectivity index (χ1n) is 5.73. The molecule has 0 N–H and O–H groups in total. The molecule has 2 heterocycles. The van der Waals surface area contributed by atoms with Crippen molar-refractivity contribution in [2.75, 3.05) is 7.11 Å². The number of benzene rings is 1. The van der Waals surface area contributed by atoms with E-state index in [9.17, 15) is 0 Å². The van der Waals surface area contributed by atoms with Crippen molar-refractivity contribution in [1.29, 1.82) is 0 Å². The average molecular weight is 239 g/mol. The van der Waals surface area contributed by atoms with Gasteiger partial charge in [0.25, 0.3) is 0 Å². The minimum atomic E-state index is 0.819. The van der Waals surface area contributed by atoms with Crippen LogP contribution >= 0.6 is 0 Å². The first-order valence-corrected chi connectivity index (χ1v) is 5.73. The number of pyridine rings is 1. The van der Waals surface area contributed by atoms with Crippen LogP contribution in [0, 0.1) is 6.92 Å². The molecule has 3 aromatic rings. The van der Waals surface area contributed by atoms with E-state index in [4.69, 9.17) is 4.74 Å². The second-order valence-corrected chi connectivity index (χ2v) is 4.12. The number of aryl methyl sites for hydroxylation is 1. The number of ether oxygens (including phenoxy) is 1. The Morgan fingerprint density at radius 2 is 2.06 bits per heavy atom. The predicted molar refractivity (Wildman–Crippen MR) is 70.2 cm³/mol. The third-order valence-electron chi connectivity index (χ3n) is 2.89. The Morgan fingerprint density at radius 1 is 1.17 bits per heavy atom. The quantitative estimate of drug-likeness (QED) is 0.690. The van der Waals surface area contributed by atoms with Crippen LogP contribution in [-0.2, 0) is 0 Å². The van der Waals surface area contributed by atoms with Gasteiger partial charge in [-0.15, -0.1) is 0 Å². The lowest BCUT2D eigenvalue weighted by Gasteiger charge is -2.07. The van der Waals surface area contributed by atoms with Crippen LogP contribution < -0.4 is 4.74 Å². The van der Waals surface area contributed by atoms with Gasteiger partial charge in [-0.2, -0.15) is 5.10 Å². The lowest BCUT2D eigenvalue weighted by Crippen LogP contribution is -1.99. The SMILES string of the molecule is COc1ccc2ccnc(-n3ccc(C)n3)c2c1. The predicted octanol–water partition coefficient (Wildman–Crippen LogP) is 2.74. The molecule has 0 aliphatic rings. The topological polar surface area (TPSA) is 39.9 Å². The molecule has 3 rings (SSSR count). The molecule has 0 bridgehead atoms. The number of nitrogens with zero attached hydrogens (tertiary/aromatic N) is 3. The number of hydrogen-bond donors (Lipinski definition) is 0. The van der Waals surface area contributed by atoms with E-state index in [2.05, 4.69) is 10.1 Å². The van der Waals surface area contributed by atoms with Gasteiger partial charge in [-0.1, -0.05) is 6.07 Å². The fraction of sp³-hybridized carbons (Fsp3) is 0.143. The highest BCUT2D eigenvalue weighted by Crippen LogP contribution is 2.24. The van der Waals surface area contributed by atoms with Gasteiger partial charge in [0, 0.05) is 17.8 Å². The smallest absolute Gasteiger partial charge is 0.161 e. The summed E-state index contributed by atoms with van der Waals surface area (Å²) < 4.78 is 7.05. The Labute approximate surface area is 105 Å². The van der Waals surface area contributed by atoms with E-state index in [0.717, 1.165) is 28.0 Å². The number of methoxy groups -OCH3 is 1. The summed E-state index contributed by atoms with van der Waals surface area (Å²) >= 11 is 0. The number of fused-ring (bicyclic) bond motifs is 1. The highest BCUT2D eigenvalue weighted by atomic mass is 16.5. The minimum absolute atomic E-state index is 0.819. The van der Waals surface area contributed by atoms with Crippen LogP contribution in [0.5, 0.6) is 5.75 Å². The van der Waals surface area contributed by atoms with Crippen LogP contribution in [0.15, 0.2) is 42.7 Å². The van der Waals surface area contributed by atoms with Gasteiger partial charge in [-0.25, -0.2) is 9.67 Å². The fourth-order valence-electron chi connectivity index (χ4n) is 1.97. The van der Waals surface area contributed by atoms with Gasteiger partial charge in [-0.05, 0) is 36.6 Å². The van der Waals surface area contributed by atoms with Gasteiger partial charge in [0.2, 0.25) is 0 Å². The van der Waals surface area contributed by atoms with E-state index in [1.165, 1.54) is 0 Å². The summed E-state index contributed by atoms with van der Waals surface area (Å²) in [5, 5.41) is 6.55. The van der Waals surface area contributed by atoms with Crippen molar-refractivity contribution in [3.63, 3.8) is 0 Å². The number of hydrogen-bond acceptors (Lipinski definition) is 3. The average Bonchev–Trinajstić information content (AvgIpc) is 2.84. The van der Waals surface area contributed by atoms with Crippen LogP contribution in [0.1, 0.15) is 5.69 Å². The lowest BCUT2D eigenvalue weighted by molar-refractivity contribution is 0.415. The Kier molecular flexibility index (Phi) is 2.48. The third kappa shape index (κ3) is 1.72. The Hall–Kier alpha value is -2.36. The van der Waals surface area contributed by atoms with Gasteiger partial charge < -0.3 is 4.74 Å². The maximum absolute atomic E-state index is 5.26. The van der Waals surface area contributed by atoms with Gasteiger partial charge in [0.05, 0.1) is 12.8 Å². The molecule has 4 heteroatoms. The van der Waals surface area contributed by atoms with Crippen LogP contribution in [0.4, 0.5) is 0 Å². The van der Waals surface area contributed by atoms with Gasteiger partial charge in [0.15, 0.2) is 5.82 Å². The first-order chi connectivity index (χ1) is 8.78. The zero-order valence-corrected chi connectivity index (χ0v) is 10.3. The largest absolute Gasteiger partial charge is 0.497 e. The van der Waals surface area contributed by atoms with Crippen molar-refractivity contribution in [2.24, 2.45) is 0 Å². The molecule has 0 spiro atoms. The Morgan fingerprint density at radius 3 is 2.78 bits per heavy atom. The van der Waals surface area contributed by atoms with Crippen LogP contribution in [0.25, 0.3) is 16.6 Å². The summed E-state index contributed by atoms with van der Waals surface area (Å²) in [4.78, 5) is 4.41. The van der Waals surface area contributed by atoms with Crippen molar-refractivity contribution in [3.05, 3.63) is 48.4 Å². The number of aromatic nitrogens is 3. The van der Waals surface area contributed by atoms with E-state index < -0.39 is 0 Å². The molecule has 90 valence electrons. The van der Waals surface area contributed by atoms with E-state index >= 15 is 0 Å². The summed E-state index contributed by atoms with van der Waals surface area (Å²) in [5.74, 6) is 1.64. The summed E-state index contributed by atoms with van der Waals surface area (Å²) in [7, 11) is 1.66. The van der Waals surface area contributed by atoms with E-state index in [0.29, 0.717) is 0 Å². The van der Waals surface area contributed by atoms with Gasteiger partial charge in [-0.3, -0.25) is 0 Å². The van der Waals surface area contributed by atoms with Crippen LogP contribution in [0.3, 0.4) is 0 Å². The molecule has 0 saturated heterocycles. The highest BCUT2D eigenvalue weighted by Gasteiger charge is 2.06. The summed E-state index contributed by atoms with van der Waals surface area (Å²) in [6, 6.07) is 9.89. The van der Waals surface area contributed by atoms with Crippen molar-refractivity contribution in [2.45, 2.75) is 6.92 Å². The van der Waals surface area contributed by atoms with Crippen LogP contribution in [-0.4, -0.2) is 21.9 Å². The van der Waals surface area contributed by atoms with Gasteiger partial charge in [0.1, 0.15) is 5.75 Å². The zero-order valence-electron chi connectivity index (χ0n) is 10.3. The molecule has 2 aromatic heterocycles. The second-order valence-electron chi connectivity index (χ2n) is 4.12. The molecule has 1 aromatic carbocycles. The number of rotatable bonds is 2. The molecule has 0 unspecified atom stereocenters. The second kappa shape index (κ2) is 4.14. The molecule has 0 fully saturated rings. The van der Waals surface area contributed by atoms with Crippen molar-refractivity contribution >= 4 is 10.8 Å². The zero-order chi connectivity index (χ0) is 12.5. The Balaban J connectivity index is 2.28. The molecular formula is C14H13N3O. The molecule has 0 aliphatic heterocycles. The normalized spacial score (nSPS) is 10.8. The summed E-state index contributed by atoms with van der Waals surface area (Å²) in [6.45, 7) is 1.96. The molecule has 0 aliphatic carbocycles. The molecule has 0 amide bonds. The molecule has 18 heavy (non-hydrogen) atoms. The van der Waals surface area contributed by atoms with Crippen molar-refractivity contribution in [1.82, 2.24) is 14.8 Å². The van der Waals surface area contributed by atoms with Gasteiger partial charge >= 0.3 is 0 Å². The molecule has 0 saturated carbocycles. The van der Waals surface area contributed by atoms with E-state index in [-0.39, 0.29) is 0 Å². The lowest BCUT2D eigenvalue weighted by atomic mass is 10.1. The minimum Gasteiger partial charge on any atom is -0.497 e. The molecule has 4 nitrogen and oxygen atoms in total. The molecule has 0 atom stereocenters. The Bertz CT molecular complexity index is 703. The third-order valence-corrected chi connectivity index (χ3v) is 2.89. The van der Waals surface area contributed by atoms with Crippen LogP contribution in [0.2, 0.25) is 0 Å². The fourth-order valence-corrected chi connectivity index (χ4v) is 1.97. The van der Waals surface area contributed by atoms with E-state index in [1.54, 1.807) is 18.0 Å². The summed E-state index contributed by atoms with van der Waals surface area (Å²) in [5.41, 5.74) is 0.969. The highest BCUT2D eigenvalue weighted by molar-refractivity contribution is 5.89. The maximum atomic E-state index is 5.26. The van der Waals surface area contributed by atoms with Crippen molar-refractivity contribution < 1.29 is 4.74 Å². The van der Waals surface area contributed by atoms with E-state index in [1.807, 2.05) is 43.5 Å². The van der Waals surface area contributed by atoms with Crippen molar-refractivity contribution in [3.8, 4) is 11.6 Å². The molecular weight excluding hydrogens is 226 g/mol. The maximum Gasteiger partial charge on any atom is 0.161 e. The standard InChI is InChI=1S/C14H13N3O/c1-10-6-8-17(16-10)14-13-9-12(18-2)4-3-11(13)5-7-15-14/h3-9H,1-2H3. The first kappa shape index (κ1) is 10.8.